The number of rotatable bonds is 3. The third-order valence-electron chi connectivity index (χ3n) is 3.15. The minimum Gasteiger partial charge on any atom is -0.381 e. The Morgan fingerprint density at radius 1 is 1.32 bits per heavy atom. The zero-order chi connectivity index (χ0) is 13.4. The molecule has 2 rings (SSSR count). The van der Waals surface area contributed by atoms with Crippen molar-refractivity contribution in [2.24, 2.45) is 0 Å². The van der Waals surface area contributed by atoms with Crippen LogP contribution >= 0.6 is 0 Å². The normalized spacial score (nSPS) is 17.5. The van der Waals surface area contributed by atoms with Crippen molar-refractivity contribution in [2.45, 2.75) is 47.1 Å². The largest absolute Gasteiger partial charge is 0.381 e. The summed E-state index contributed by atoms with van der Waals surface area (Å²) in [5.41, 5.74) is 3.56. The summed E-state index contributed by atoms with van der Waals surface area (Å²) in [4.78, 5) is 0. The highest BCUT2D eigenvalue weighted by Crippen LogP contribution is 2.16. The van der Waals surface area contributed by atoms with E-state index < -0.39 is 0 Å². The van der Waals surface area contributed by atoms with Crippen LogP contribution in [0.2, 0.25) is 0 Å². The predicted molar refractivity (Wildman–Crippen MR) is 87.3 cm³/mol. The van der Waals surface area contributed by atoms with Crippen molar-refractivity contribution in [2.75, 3.05) is 13.1 Å². The van der Waals surface area contributed by atoms with Gasteiger partial charge in [0.05, 0.1) is 0 Å². The lowest BCUT2D eigenvalue weighted by molar-refractivity contribution is 0.427. The SMILES string of the molecule is C.C=C(NC1CCCNC1)c1ccccc1C.CC. The van der Waals surface area contributed by atoms with Crippen LogP contribution in [0.4, 0.5) is 0 Å². The van der Waals surface area contributed by atoms with Crippen molar-refractivity contribution >= 4 is 5.70 Å². The van der Waals surface area contributed by atoms with Crippen LogP contribution in [-0.2, 0) is 0 Å². The molecule has 2 N–H and O–H groups in total. The molecule has 1 saturated heterocycles. The molecule has 0 aliphatic carbocycles. The molecule has 0 amide bonds. The molecule has 19 heavy (non-hydrogen) atoms. The van der Waals surface area contributed by atoms with Gasteiger partial charge in [-0.15, -0.1) is 0 Å². The quantitative estimate of drug-likeness (QED) is 0.861. The number of aryl methyl sites for hydroxylation is 1. The maximum Gasteiger partial charge on any atom is 0.0386 e. The first-order valence-electron chi connectivity index (χ1n) is 6.99. The van der Waals surface area contributed by atoms with Crippen molar-refractivity contribution < 1.29 is 0 Å². The Labute approximate surface area is 119 Å². The topological polar surface area (TPSA) is 24.1 Å². The lowest BCUT2D eigenvalue weighted by atomic mass is 10.0. The molecule has 1 unspecified atom stereocenters. The van der Waals surface area contributed by atoms with Crippen LogP contribution in [-0.4, -0.2) is 19.1 Å². The summed E-state index contributed by atoms with van der Waals surface area (Å²) in [6, 6.07) is 8.91. The second-order valence-electron chi connectivity index (χ2n) is 4.48. The summed E-state index contributed by atoms with van der Waals surface area (Å²) < 4.78 is 0. The third-order valence-corrected chi connectivity index (χ3v) is 3.15. The van der Waals surface area contributed by atoms with E-state index in [-0.39, 0.29) is 7.43 Å². The lowest BCUT2D eigenvalue weighted by Gasteiger charge is -2.26. The smallest absolute Gasteiger partial charge is 0.0386 e. The highest BCUT2D eigenvalue weighted by molar-refractivity contribution is 5.64. The molecular weight excluding hydrogens is 232 g/mol. The van der Waals surface area contributed by atoms with E-state index >= 15 is 0 Å². The minimum atomic E-state index is 0. The standard InChI is InChI=1S/C14H20N2.C2H6.CH4/c1-11-6-3-4-8-14(11)12(2)16-13-7-5-9-15-10-13;1-2;/h3-4,6,8,13,15-16H,2,5,7,9-10H2,1H3;1-2H3;1H4. The van der Waals surface area contributed by atoms with E-state index in [0.29, 0.717) is 6.04 Å². The third kappa shape index (κ3) is 5.48. The van der Waals surface area contributed by atoms with Crippen molar-refractivity contribution in [3.8, 4) is 0 Å². The van der Waals surface area contributed by atoms with Crippen molar-refractivity contribution in [1.29, 1.82) is 0 Å². The first kappa shape index (κ1) is 17.7. The molecular formula is C17H30N2. The Morgan fingerprint density at radius 2 is 2.00 bits per heavy atom. The average molecular weight is 262 g/mol. The molecule has 1 aliphatic heterocycles. The second-order valence-corrected chi connectivity index (χ2v) is 4.48. The van der Waals surface area contributed by atoms with Gasteiger partial charge in [0, 0.05) is 18.3 Å². The fourth-order valence-electron chi connectivity index (χ4n) is 2.21. The number of benzene rings is 1. The predicted octanol–water partition coefficient (Wildman–Crippen LogP) is 3.97. The summed E-state index contributed by atoms with van der Waals surface area (Å²) in [6.45, 7) is 12.5. The second kappa shape index (κ2) is 9.62. The van der Waals surface area contributed by atoms with Gasteiger partial charge in [-0.05, 0) is 37.4 Å². The highest BCUT2D eigenvalue weighted by Gasteiger charge is 2.13. The summed E-state index contributed by atoms with van der Waals surface area (Å²) in [6.07, 6.45) is 2.48. The fraction of sp³-hybridized carbons (Fsp3) is 0.529. The Hall–Kier alpha value is -1.28. The van der Waals surface area contributed by atoms with Gasteiger partial charge < -0.3 is 10.6 Å². The molecule has 2 nitrogen and oxygen atoms in total. The van der Waals surface area contributed by atoms with Gasteiger partial charge in [0.2, 0.25) is 0 Å². The number of hydrogen-bond donors (Lipinski definition) is 2. The zero-order valence-electron chi connectivity index (χ0n) is 11.9. The van der Waals surface area contributed by atoms with Gasteiger partial charge in [-0.25, -0.2) is 0 Å². The first-order valence-corrected chi connectivity index (χ1v) is 6.99. The molecule has 0 spiro atoms. The van der Waals surface area contributed by atoms with E-state index in [1.165, 1.54) is 24.0 Å². The van der Waals surface area contributed by atoms with E-state index in [1.807, 2.05) is 13.8 Å². The lowest BCUT2D eigenvalue weighted by Crippen LogP contribution is -2.42. The molecule has 0 saturated carbocycles. The number of hydrogen-bond acceptors (Lipinski definition) is 2. The van der Waals surface area contributed by atoms with E-state index in [4.69, 9.17) is 0 Å². The van der Waals surface area contributed by atoms with Gasteiger partial charge in [0.25, 0.3) is 0 Å². The van der Waals surface area contributed by atoms with Gasteiger partial charge in [0.1, 0.15) is 0 Å². The highest BCUT2D eigenvalue weighted by atomic mass is 15.0. The molecule has 1 heterocycles. The van der Waals surface area contributed by atoms with Gasteiger partial charge in [-0.3, -0.25) is 0 Å². The summed E-state index contributed by atoms with van der Waals surface area (Å²) >= 11 is 0. The van der Waals surface area contributed by atoms with Crippen molar-refractivity contribution in [1.82, 2.24) is 10.6 Å². The van der Waals surface area contributed by atoms with E-state index in [9.17, 15) is 0 Å². The van der Waals surface area contributed by atoms with E-state index in [1.54, 1.807) is 0 Å². The molecule has 108 valence electrons. The van der Waals surface area contributed by atoms with Crippen LogP contribution in [0.25, 0.3) is 5.70 Å². The number of piperidine rings is 1. The van der Waals surface area contributed by atoms with Crippen molar-refractivity contribution in [3.63, 3.8) is 0 Å². The van der Waals surface area contributed by atoms with Gasteiger partial charge in [0.15, 0.2) is 0 Å². The van der Waals surface area contributed by atoms with Crippen LogP contribution in [0, 0.1) is 6.92 Å². The van der Waals surface area contributed by atoms with E-state index in [0.717, 1.165) is 18.8 Å². The maximum absolute atomic E-state index is 4.14. The van der Waals surface area contributed by atoms with Crippen molar-refractivity contribution in [3.05, 3.63) is 42.0 Å². The molecule has 0 bridgehead atoms. The monoisotopic (exact) mass is 262 g/mol. The maximum atomic E-state index is 4.14. The van der Waals surface area contributed by atoms with Gasteiger partial charge >= 0.3 is 0 Å². The molecule has 1 aromatic rings. The van der Waals surface area contributed by atoms with Crippen LogP contribution < -0.4 is 10.6 Å². The summed E-state index contributed by atoms with van der Waals surface area (Å²) in [7, 11) is 0. The number of nitrogens with one attached hydrogen (secondary N) is 2. The summed E-state index contributed by atoms with van der Waals surface area (Å²) in [5.74, 6) is 0. The van der Waals surface area contributed by atoms with Crippen LogP contribution in [0.15, 0.2) is 30.8 Å². The molecule has 2 heteroatoms. The van der Waals surface area contributed by atoms with Gasteiger partial charge in [-0.1, -0.05) is 52.1 Å². The Morgan fingerprint density at radius 3 is 2.58 bits per heavy atom. The molecule has 1 fully saturated rings. The fourth-order valence-corrected chi connectivity index (χ4v) is 2.21. The average Bonchev–Trinajstić information content (AvgIpc) is 2.42. The van der Waals surface area contributed by atoms with Crippen LogP contribution in [0.3, 0.4) is 0 Å². The molecule has 0 aromatic heterocycles. The van der Waals surface area contributed by atoms with Crippen LogP contribution in [0.1, 0.15) is 45.2 Å². The molecule has 1 aliphatic rings. The van der Waals surface area contributed by atoms with E-state index in [2.05, 4.69) is 48.4 Å². The molecule has 1 aromatic carbocycles. The van der Waals surface area contributed by atoms with Gasteiger partial charge in [-0.2, -0.15) is 0 Å². The zero-order valence-corrected chi connectivity index (χ0v) is 11.9. The summed E-state index contributed by atoms with van der Waals surface area (Å²) in [5, 5.41) is 6.92. The Kier molecular flexibility index (Phi) is 8.98. The first-order chi connectivity index (χ1) is 8.77. The van der Waals surface area contributed by atoms with Crippen LogP contribution in [0.5, 0.6) is 0 Å². The molecule has 1 atom stereocenters. The Balaban J connectivity index is 0.00000103. The Bertz CT molecular complexity index is 365. The molecule has 0 radical (unpaired) electrons. The minimum absolute atomic E-state index is 0.